The van der Waals surface area contributed by atoms with Gasteiger partial charge in [0.15, 0.2) is 0 Å². The van der Waals surface area contributed by atoms with Gasteiger partial charge in [-0.05, 0) is 18.6 Å². The average molecular weight is 357 g/mol. The molecule has 4 radical (unpaired) electrons. The molecule has 3 aromatic rings. The second-order valence-electron chi connectivity index (χ2n) is 4.62. The quantitative estimate of drug-likeness (QED) is 0.486. The van der Waals surface area contributed by atoms with Crippen molar-refractivity contribution < 1.29 is 32.7 Å². The van der Waals surface area contributed by atoms with Crippen LogP contribution in [0.15, 0.2) is 72.8 Å². The minimum absolute atomic E-state index is 0. The number of benzene rings is 3. The summed E-state index contributed by atoms with van der Waals surface area (Å²) in [4.78, 5) is 2.18. The molecule has 0 aliphatic heterocycles. The molecule has 0 aliphatic carbocycles. The van der Waals surface area contributed by atoms with Crippen molar-refractivity contribution in [2.75, 3.05) is 4.90 Å². The summed E-state index contributed by atoms with van der Waals surface area (Å²) in [6, 6.07) is 31.0. The van der Waals surface area contributed by atoms with Gasteiger partial charge in [-0.1, -0.05) is 29.6 Å². The molecule has 0 atom stereocenters. The summed E-state index contributed by atoms with van der Waals surface area (Å²) in [7, 11) is 0. The van der Waals surface area contributed by atoms with Gasteiger partial charge in [0.1, 0.15) is 0 Å². The van der Waals surface area contributed by atoms with Crippen molar-refractivity contribution in [1.29, 1.82) is 0 Å². The van der Waals surface area contributed by atoms with Gasteiger partial charge in [0.2, 0.25) is 0 Å². The molecule has 0 N–H and O–H groups in total. The van der Waals surface area contributed by atoms with Crippen molar-refractivity contribution in [3.63, 3.8) is 0 Å². The first-order valence-corrected chi connectivity index (χ1v) is 6.65. The number of aryl methyl sites for hydroxylation is 1. The molecule has 3 aromatic carbocycles. The molecule has 0 bridgehead atoms. The van der Waals surface area contributed by atoms with Gasteiger partial charge >= 0.3 is 0 Å². The van der Waals surface area contributed by atoms with E-state index in [1.807, 2.05) is 36.4 Å². The van der Waals surface area contributed by atoms with Crippen LogP contribution in [0.5, 0.6) is 0 Å². The van der Waals surface area contributed by atoms with Crippen LogP contribution in [-0.2, 0) is 32.7 Å². The van der Waals surface area contributed by atoms with Crippen LogP contribution in [-0.4, -0.2) is 8.41 Å². The van der Waals surface area contributed by atoms with Crippen molar-refractivity contribution in [3.8, 4) is 0 Å². The predicted octanol–water partition coefficient (Wildman–Crippen LogP) is 4.68. The maximum absolute atomic E-state index is 3.30. The van der Waals surface area contributed by atoms with E-state index >= 15 is 0 Å². The smallest absolute Gasteiger partial charge is 0.0448 e. The molecule has 0 aliphatic rings. The third kappa shape index (κ3) is 4.09. The van der Waals surface area contributed by atoms with Gasteiger partial charge in [-0.3, -0.25) is 0 Å². The summed E-state index contributed by atoms with van der Waals surface area (Å²) in [5, 5.41) is 0. The Labute approximate surface area is 159 Å². The van der Waals surface area contributed by atoms with Gasteiger partial charge in [-0.25, -0.2) is 0 Å². The number of para-hydroxylation sites is 3. The number of anilines is 3. The normalized spacial score (nSPS) is 9.32. The van der Waals surface area contributed by atoms with Gasteiger partial charge in [-0.2, -0.15) is 48.5 Å². The van der Waals surface area contributed by atoms with Crippen LogP contribution >= 0.6 is 0 Å². The number of rotatable bonds is 3. The van der Waals surface area contributed by atoms with Crippen molar-refractivity contribution in [3.05, 3.63) is 90.5 Å². The van der Waals surface area contributed by atoms with Crippen LogP contribution in [0.4, 0.5) is 17.1 Å². The van der Waals surface area contributed by atoms with Crippen molar-refractivity contribution in [2.24, 2.45) is 0 Å². The largest absolute Gasteiger partial charge is 0.358 e. The Balaban J connectivity index is 0.00000121. The zero-order valence-electron chi connectivity index (χ0n) is 12.5. The standard InChI is InChI=1S/C19H15N.B.Y/c1-16-10-8-9-15-19(16)20(17-11-4-2-5-12-17)18-13-6-3-7-14-18;;/h2-11,13,15H,1H3;;/q-2;;. The minimum atomic E-state index is 0. The molecule has 0 saturated heterocycles. The Morgan fingerprint density at radius 3 is 1.68 bits per heavy atom. The van der Waals surface area contributed by atoms with Gasteiger partial charge in [0, 0.05) is 46.8 Å². The molecule has 0 saturated carbocycles. The van der Waals surface area contributed by atoms with E-state index < -0.39 is 0 Å². The zero-order chi connectivity index (χ0) is 13.8. The maximum atomic E-state index is 3.30. The van der Waals surface area contributed by atoms with Gasteiger partial charge < -0.3 is 4.90 Å². The summed E-state index contributed by atoms with van der Waals surface area (Å²) in [5.41, 5.74) is 4.41. The van der Waals surface area contributed by atoms with E-state index in [-0.39, 0.29) is 41.1 Å². The van der Waals surface area contributed by atoms with E-state index in [2.05, 4.69) is 60.4 Å². The maximum Gasteiger partial charge on any atom is 0.0448 e. The van der Waals surface area contributed by atoms with E-state index in [1.54, 1.807) is 0 Å². The topological polar surface area (TPSA) is 3.24 Å². The molecule has 3 rings (SSSR count). The number of hydrogen-bond acceptors (Lipinski definition) is 1. The summed E-state index contributed by atoms with van der Waals surface area (Å²) in [5.74, 6) is 0. The molecule has 0 unspecified atom stereocenters. The predicted molar refractivity (Wildman–Crippen MR) is 89.3 cm³/mol. The van der Waals surface area contributed by atoms with E-state index in [0.717, 1.165) is 17.1 Å². The third-order valence-electron chi connectivity index (χ3n) is 3.22. The van der Waals surface area contributed by atoms with Crippen LogP contribution in [0.2, 0.25) is 0 Å². The van der Waals surface area contributed by atoms with E-state index in [9.17, 15) is 0 Å². The Morgan fingerprint density at radius 1 is 0.727 bits per heavy atom. The first kappa shape index (κ1) is 18.7. The van der Waals surface area contributed by atoms with E-state index in [0.29, 0.717) is 0 Å². The monoisotopic (exact) mass is 357 g/mol. The first-order valence-electron chi connectivity index (χ1n) is 6.65. The molecule has 104 valence electrons. The van der Waals surface area contributed by atoms with Crippen LogP contribution < -0.4 is 4.90 Å². The molecule has 0 fully saturated rings. The molecule has 0 spiro atoms. The van der Waals surface area contributed by atoms with Gasteiger partial charge in [0.05, 0.1) is 0 Å². The Kier molecular flexibility index (Phi) is 7.58. The zero-order valence-corrected chi connectivity index (χ0v) is 15.4. The van der Waals surface area contributed by atoms with Crippen LogP contribution in [0.3, 0.4) is 0 Å². The van der Waals surface area contributed by atoms with Crippen LogP contribution in [0.25, 0.3) is 0 Å². The second kappa shape index (κ2) is 8.92. The average Bonchev–Trinajstić information content (AvgIpc) is 2.52. The first-order chi connectivity index (χ1) is 9.86. The Hall–Kier alpha value is -1.37. The number of nitrogens with zero attached hydrogens (tertiary/aromatic N) is 1. The number of hydrogen-bond donors (Lipinski definition) is 0. The van der Waals surface area contributed by atoms with Gasteiger partial charge in [-0.15, -0.1) is 12.1 Å². The fourth-order valence-corrected chi connectivity index (χ4v) is 2.25. The Bertz CT molecular complexity index is 647. The molecule has 1 nitrogen and oxygen atoms in total. The fourth-order valence-electron chi connectivity index (χ4n) is 2.25. The van der Waals surface area contributed by atoms with Crippen molar-refractivity contribution >= 4 is 25.5 Å². The molecule has 0 aromatic heterocycles. The molecular formula is C19H15BNY-2. The second-order valence-corrected chi connectivity index (χ2v) is 4.62. The molecule has 3 heteroatoms. The SMILES string of the molecule is Cc1ccccc1N(c1[c-]cccc1)c1[c-]cccc1.[B].[Y]. The Morgan fingerprint density at radius 2 is 1.23 bits per heavy atom. The van der Waals surface area contributed by atoms with Crippen LogP contribution in [0.1, 0.15) is 5.56 Å². The minimum Gasteiger partial charge on any atom is -0.358 e. The summed E-state index contributed by atoms with van der Waals surface area (Å²) in [6.45, 7) is 2.12. The summed E-state index contributed by atoms with van der Waals surface area (Å²) < 4.78 is 0. The summed E-state index contributed by atoms with van der Waals surface area (Å²) >= 11 is 0. The van der Waals surface area contributed by atoms with E-state index in [1.165, 1.54) is 5.56 Å². The van der Waals surface area contributed by atoms with Crippen molar-refractivity contribution in [1.82, 2.24) is 0 Å². The molecular weight excluding hydrogens is 342 g/mol. The summed E-state index contributed by atoms with van der Waals surface area (Å²) in [6.07, 6.45) is 0. The van der Waals surface area contributed by atoms with Gasteiger partial charge in [0.25, 0.3) is 0 Å². The van der Waals surface area contributed by atoms with E-state index in [4.69, 9.17) is 0 Å². The molecule has 0 heterocycles. The third-order valence-corrected chi connectivity index (χ3v) is 3.22. The van der Waals surface area contributed by atoms with Crippen molar-refractivity contribution in [2.45, 2.75) is 6.92 Å². The van der Waals surface area contributed by atoms with Crippen LogP contribution in [0, 0.1) is 19.1 Å². The fraction of sp³-hybridized carbons (Fsp3) is 0.0526. The molecule has 22 heavy (non-hydrogen) atoms. The molecule has 0 amide bonds.